The van der Waals surface area contributed by atoms with Gasteiger partial charge in [0.15, 0.2) is 5.58 Å². The summed E-state index contributed by atoms with van der Waals surface area (Å²) in [5.74, 6) is -1.11. The Bertz CT molecular complexity index is 1870. The predicted molar refractivity (Wildman–Crippen MR) is 176 cm³/mol. The van der Waals surface area contributed by atoms with Crippen LogP contribution in [0.5, 0.6) is 0 Å². The van der Waals surface area contributed by atoms with Crippen LogP contribution in [-0.4, -0.2) is 72.0 Å². The van der Waals surface area contributed by atoms with Crippen molar-refractivity contribution in [3.63, 3.8) is 0 Å². The first-order valence-corrected chi connectivity index (χ1v) is 16.0. The Labute approximate surface area is 277 Å². The summed E-state index contributed by atoms with van der Waals surface area (Å²) in [5, 5.41) is 16.0. The van der Waals surface area contributed by atoms with E-state index in [4.69, 9.17) is 13.9 Å². The first kappa shape index (κ1) is 32.9. The number of furan rings is 1. The number of likely N-dealkylation sites (tertiary alicyclic amines) is 1. The average molecular weight is 658 g/mol. The number of anilines is 1. The molecule has 48 heavy (non-hydrogen) atoms. The minimum Gasteiger partial charge on any atom is -0.454 e. The first-order valence-electron chi connectivity index (χ1n) is 16.0. The number of piperidine rings is 1. The van der Waals surface area contributed by atoms with Crippen molar-refractivity contribution >= 4 is 28.8 Å². The van der Waals surface area contributed by atoms with Crippen LogP contribution in [0.4, 0.5) is 19.3 Å². The molecular formula is C36H37F2N5O5. The number of benzene rings is 2. The van der Waals surface area contributed by atoms with Gasteiger partial charge in [0.2, 0.25) is 0 Å². The Morgan fingerprint density at radius 2 is 1.85 bits per heavy atom. The maximum atomic E-state index is 15.5. The number of nitriles is 1. The highest BCUT2D eigenvalue weighted by atomic mass is 19.1. The number of hydrogen-bond donors (Lipinski definition) is 2. The highest BCUT2D eigenvalue weighted by Crippen LogP contribution is 2.36. The molecule has 6 rings (SSSR count). The second kappa shape index (κ2) is 13.6. The number of pyridine rings is 1. The quantitative estimate of drug-likeness (QED) is 0.231. The second-order valence-electron chi connectivity index (χ2n) is 13.1. The lowest BCUT2D eigenvalue weighted by Crippen LogP contribution is -2.54. The molecule has 0 aliphatic carbocycles. The number of amides is 2. The molecule has 2 N–H and O–H groups in total. The summed E-state index contributed by atoms with van der Waals surface area (Å²) in [6.07, 6.45) is 1.42. The molecule has 2 aliphatic rings. The second-order valence-corrected chi connectivity index (χ2v) is 13.1. The van der Waals surface area contributed by atoms with Gasteiger partial charge in [-0.3, -0.25) is 9.78 Å². The van der Waals surface area contributed by atoms with E-state index in [-0.39, 0.29) is 42.4 Å². The molecule has 2 fully saturated rings. The summed E-state index contributed by atoms with van der Waals surface area (Å²) in [5.41, 5.74) is 3.03. The van der Waals surface area contributed by atoms with Crippen molar-refractivity contribution < 1.29 is 32.3 Å². The number of aromatic nitrogens is 1. The highest BCUT2D eigenvalue weighted by Gasteiger charge is 2.34. The number of ether oxygens (including phenoxy) is 2. The van der Waals surface area contributed by atoms with Crippen molar-refractivity contribution in [2.75, 3.05) is 31.6 Å². The van der Waals surface area contributed by atoms with Gasteiger partial charge in [0, 0.05) is 49.2 Å². The van der Waals surface area contributed by atoms with Gasteiger partial charge in [-0.1, -0.05) is 6.07 Å². The molecule has 2 aliphatic heterocycles. The minimum atomic E-state index is -1.51. The molecular weight excluding hydrogens is 620 g/mol. The van der Waals surface area contributed by atoms with E-state index in [1.165, 1.54) is 17.0 Å². The van der Waals surface area contributed by atoms with Gasteiger partial charge in [-0.25, -0.2) is 13.6 Å². The Morgan fingerprint density at radius 1 is 1.06 bits per heavy atom. The Hall–Kier alpha value is -5.02. The Morgan fingerprint density at radius 3 is 2.56 bits per heavy atom. The van der Waals surface area contributed by atoms with Crippen LogP contribution in [0.3, 0.4) is 0 Å². The third kappa shape index (κ3) is 7.26. The van der Waals surface area contributed by atoms with Crippen LogP contribution < -0.4 is 10.6 Å². The predicted octanol–water partition coefficient (Wildman–Crippen LogP) is 6.84. The van der Waals surface area contributed by atoms with Crippen molar-refractivity contribution in [2.45, 2.75) is 63.9 Å². The van der Waals surface area contributed by atoms with Crippen LogP contribution >= 0.6 is 0 Å². The van der Waals surface area contributed by atoms with Crippen molar-refractivity contribution in [3.8, 4) is 28.5 Å². The normalized spacial score (nSPS) is 18.7. The summed E-state index contributed by atoms with van der Waals surface area (Å²) in [7, 11) is 0. The number of carbonyl (C=O) groups excluding carboxylic acids is 2. The fourth-order valence-corrected chi connectivity index (χ4v) is 5.96. The summed E-state index contributed by atoms with van der Waals surface area (Å²) in [6, 6.07) is 14.6. The number of rotatable bonds is 6. The highest BCUT2D eigenvalue weighted by molar-refractivity contribution is 5.96. The molecule has 2 aromatic heterocycles. The number of nitrogens with one attached hydrogen (secondary N) is 2. The van der Waals surface area contributed by atoms with Gasteiger partial charge in [0.1, 0.15) is 34.9 Å². The van der Waals surface area contributed by atoms with E-state index in [9.17, 15) is 19.2 Å². The lowest BCUT2D eigenvalue weighted by atomic mass is 10.0. The van der Waals surface area contributed by atoms with Crippen LogP contribution in [0, 0.1) is 17.1 Å². The standard InChI is InChI=1S/C36H37F2N5O5/c1-36(2,3)48-35(45)43-13-9-30(28(38)20-43)42-34(44)22-4-6-26(27(37)17-22)32-18-31-33(47-32)25(8-12-40-31)21-5-7-29(23(16-21)19-39)41-24-10-14-46-15-11-24/h4-8,12,16-18,24,28,30,41H,9-11,13-15,20H2,1-3H3,(H,42,44). The van der Waals surface area contributed by atoms with E-state index in [0.29, 0.717) is 35.4 Å². The summed E-state index contributed by atoms with van der Waals surface area (Å²) in [4.78, 5) is 31.0. The van der Waals surface area contributed by atoms with E-state index in [2.05, 4.69) is 21.7 Å². The molecule has 2 aromatic carbocycles. The third-order valence-electron chi connectivity index (χ3n) is 8.45. The van der Waals surface area contributed by atoms with E-state index in [1.807, 2.05) is 12.1 Å². The van der Waals surface area contributed by atoms with E-state index < -0.39 is 35.6 Å². The van der Waals surface area contributed by atoms with Gasteiger partial charge in [-0.15, -0.1) is 0 Å². The zero-order valence-corrected chi connectivity index (χ0v) is 27.0. The van der Waals surface area contributed by atoms with E-state index in [1.54, 1.807) is 45.2 Å². The van der Waals surface area contributed by atoms with Crippen LogP contribution in [0.1, 0.15) is 56.0 Å². The van der Waals surface area contributed by atoms with Crippen LogP contribution in [0.15, 0.2) is 59.1 Å². The van der Waals surface area contributed by atoms with E-state index >= 15 is 4.39 Å². The number of hydrogen-bond acceptors (Lipinski definition) is 8. The van der Waals surface area contributed by atoms with Crippen molar-refractivity contribution in [3.05, 3.63) is 71.7 Å². The number of alkyl halides is 1. The van der Waals surface area contributed by atoms with Crippen molar-refractivity contribution in [1.29, 1.82) is 5.26 Å². The molecule has 12 heteroatoms. The van der Waals surface area contributed by atoms with Gasteiger partial charge >= 0.3 is 6.09 Å². The molecule has 0 bridgehead atoms. The minimum absolute atomic E-state index is 0.0198. The van der Waals surface area contributed by atoms with Gasteiger partial charge in [-0.05, 0) is 82.0 Å². The number of carbonyl (C=O) groups is 2. The Balaban J connectivity index is 1.16. The molecule has 0 spiro atoms. The molecule has 0 radical (unpaired) electrons. The molecule has 10 nitrogen and oxygen atoms in total. The van der Waals surface area contributed by atoms with Crippen molar-refractivity contribution in [2.24, 2.45) is 0 Å². The molecule has 0 saturated carbocycles. The fraction of sp³-hybridized carbons (Fsp3) is 0.389. The summed E-state index contributed by atoms with van der Waals surface area (Å²) < 4.78 is 47.3. The van der Waals surface area contributed by atoms with Gasteiger partial charge in [-0.2, -0.15) is 5.26 Å². The molecule has 2 amide bonds. The molecule has 250 valence electrons. The lowest BCUT2D eigenvalue weighted by Gasteiger charge is -2.35. The third-order valence-corrected chi connectivity index (χ3v) is 8.45. The first-order chi connectivity index (χ1) is 23.0. The molecule has 2 unspecified atom stereocenters. The maximum Gasteiger partial charge on any atom is 0.410 e. The van der Waals surface area contributed by atoms with Gasteiger partial charge in [0.25, 0.3) is 5.91 Å². The van der Waals surface area contributed by atoms with Crippen molar-refractivity contribution in [1.82, 2.24) is 15.2 Å². The zero-order chi connectivity index (χ0) is 34.0. The largest absolute Gasteiger partial charge is 0.454 e. The molecule has 4 heterocycles. The monoisotopic (exact) mass is 657 g/mol. The van der Waals surface area contributed by atoms with Gasteiger partial charge in [0.05, 0.1) is 29.4 Å². The summed E-state index contributed by atoms with van der Waals surface area (Å²) in [6.45, 7) is 6.56. The lowest BCUT2D eigenvalue weighted by molar-refractivity contribution is 0.00971. The number of halogens is 2. The SMILES string of the molecule is CC(C)(C)OC(=O)N1CCC(NC(=O)c2ccc(-c3cc4nccc(-c5ccc(NC6CCOCC6)c(C#N)c5)c4o3)c(F)c2)C(F)C1. The van der Waals surface area contributed by atoms with Gasteiger partial charge < -0.3 is 29.4 Å². The number of nitrogens with zero attached hydrogens (tertiary/aromatic N) is 3. The smallest absolute Gasteiger partial charge is 0.410 e. The molecule has 2 saturated heterocycles. The Kier molecular flexibility index (Phi) is 9.33. The topological polar surface area (TPSA) is 130 Å². The fourth-order valence-electron chi connectivity index (χ4n) is 5.96. The average Bonchev–Trinajstić information content (AvgIpc) is 3.50. The zero-order valence-electron chi connectivity index (χ0n) is 27.0. The summed E-state index contributed by atoms with van der Waals surface area (Å²) >= 11 is 0. The van der Waals surface area contributed by atoms with Crippen LogP contribution in [0.25, 0.3) is 33.6 Å². The van der Waals surface area contributed by atoms with Crippen LogP contribution in [0.2, 0.25) is 0 Å². The molecule has 4 aromatic rings. The van der Waals surface area contributed by atoms with Crippen LogP contribution in [-0.2, 0) is 9.47 Å². The molecule has 2 atom stereocenters. The van der Waals surface area contributed by atoms with E-state index in [0.717, 1.165) is 30.2 Å². The number of fused-ring (bicyclic) bond motifs is 1. The maximum absolute atomic E-state index is 15.5.